The van der Waals surface area contributed by atoms with E-state index in [-0.39, 0.29) is 5.56 Å². The molecule has 0 bridgehead atoms. The number of benzene rings is 1. The molecular formula is C11H8ClN3O2. The van der Waals surface area contributed by atoms with Gasteiger partial charge in [-0.2, -0.15) is 0 Å². The molecule has 86 valence electrons. The van der Waals surface area contributed by atoms with Gasteiger partial charge in [-0.05, 0) is 24.3 Å². The Hall–Kier alpha value is -2.14. The molecule has 0 aliphatic carbocycles. The maximum Gasteiger partial charge on any atom is 0.335 e. The minimum atomic E-state index is -1.02. The van der Waals surface area contributed by atoms with E-state index in [1.54, 1.807) is 24.5 Å². The third-order valence-electron chi connectivity index (χ3n) is 2.03. The standard InChI is InChI=1S/C11H8ClN3O2/c12-8-6-7(10(16)17)2-3-9(8)15-11-13-4-1-5-14-11/h1-6H,(H,16,17)(H,13,14,15). The van der Waals surface area contributed by atoms with Crippen molar-refractivity contribution in [2.24, 2.45) is 0 Å². The first kappa shape index (κ1) is 11.3. The van der Waals surface area contributed by atoms with Crippen molar-refractivity contribution in [3.05, 3.63) is 47.2 Å². The van der Waals surface area contributed by atoms with E-state index in [1.807, 2.05) is 0 Å². The van der Waals surface area contributed by atoms with Crippen LogP contribution in [0.4, 0.5) is 11.6 Å². The molecule has 0 amide bonds. The fraction of sp³-hybridized carbons (Fsp3) is 0. The first-order valence-electron chi connectivity index (χ1n) is 4.74. The Morgan fingerprint density at radius 1 is 1.29 bits per heavy atom. The number of rotatable bonds is 3. The summed E-state index contributed by atoms with van der Waals surface area (Å²) in [6.07, 6.45) is 3.18. The maximum atomic E-state index is 10.7. The lowest BCUT2D eigenvalue weighted by molar-refractivity contribution is 0.0697. The molecule has 0 unspecified atom stereocenters. The van der Waals surface area contributed by atoms with E-state index in [0.29, 0.717) is 16.7 Å². The fourth-order valence-corrected chi connectivity index (χ4v) is 1.46. The summed E-state index contributed by atoms with van der Waals surface area (Å²) in [5, 5.41) is 12.0. The molecule has 0 spiro atoms. The van der Waals surface area contributed by atoms with E-state index in [4.69, 9.17) is 16.7 Å². The van der Waals surface area contributed by atoms with Gasteiger partial charge >= 0.3 is 5.97 Å². The zero-order chi connectivity index (χ0) is 12.3. The van der Waals surface area contributed by atoms with Crippen LogP contribution in [0.5, 0.6) is 0 Å². The van der Waals surface area contributed by atoms with Gasteiger partial charge in [0.25, 0.3) is 0 Å². The van der Waals surface area contributed by atoms with Crippen LogP contribution in [0, 0.1) is 0 Å². The van der Waals surface area contributed by atoms with Gasteiger partial charge in [-0.25, -0.2) is 14.8 Å². The number of aromatic carboxylic acids is 1. The highest BCUT2D eigenvalue weighted by molar-refractivity contribution is 6.33. The molecule has 0 aliphatic heterocycles. The summed E-state index contributed by atoms with van der Waals surface area (Å²) in [4.78, 5) is 18.7. The molecule has 0 atom stereocenters. The number of carboxylic acids is 1. The highest BCUT2D eigenvalue weighted by Crippen LogP contribution is 2.24. The summed E-state index contributed by atoms with van der Waals surface area (Å²) in [5.74, 6) is -0.619. The number of nitrogens with zero attached hydrogens (tertiary/aromatic N) is 2. The zero-order valence-electron chi connectivity index (χ0n) is 8.59. The topological polar surface area (TPSA) is 75.1 Å². The predicted molar refractivity (Wildman–Crippen MR) is 63.7 cm³/mol. The molecule has 17 heavy (non-hydrogen) atoms. The molecule has 1 heterocycles. The van der Waals surface area contributed by atoms with Crippen LogP contribution in [0.1, 0.15) is 10.4 Å². The number of aromatic nitrogens is 2. The van der Waals surface area contributed by atoms with Crippen LogP contribution >= 0.6 is 11.6 Å². The smallest absolute Gasteiger partial charge is 0.335 e. The summed E-state index contributed by atoms with van der Waals surface area (Å²) in [7, 11) is 0. The predicted octanol–water partition coefficient (Wildman–Crippen LogP) is 2.57. The van der Waals surface area contributed by atoms with Gasteiger partial charge in [0, 0.05) is 12.4 Å². The van der Waals surface area contributed by atoms with Crippen LogP contribution in [0.25, 0.3) is 0 Å². The van der Waals surface area contributed by atoms with E-state index in [1.165, 1.54) is 12.1 Å². The summed E-state index contributed by atoms with van der Waals surface area (Å²) in [5.41, 5.74) is 0.692. The quantitative estimate of drug-likeness (QED) is 0.874. The van der Waals surface area contributed by atoms with E-state index in [0.717, 1.165) is 0 Å². The van der Waals surface area contributed by atoms with Crippen molar-refractivity contribution in [3.63, 3.8) is 0 Å². The van der Waals surface area contributed by atoms with Gasteiger partial charge in [0.1, 0.15) is 0 Å². The van der Waals surface area contributed by atoms with Crippen molar-refractivity contribution in [1.82, 2.24) is 9.97 Å². The molecule has 2 aromatic rings. The Bertz CT molecular complexity index is 546. The summed E-state index contributed by atoms with van der Waals surface area (Å²) >= 11 is 5.94. The Labute approximate surface area is 102 Å². The fourth-order valence-electron chi connectivity index (χ4n) is 1.23. The van der Waals surface area contributed by atoms with Crippen LogP contribution in [0.15, 0.2) is 36.7 Å². The summed E-state index contributed by atoms with van der Waals surface area (Å²) < 4.78 is 0. The van der Waals surface area contributed by atoms with Crippen LogP contribution in [-0.4, -0.2) is 21.0 Å². The van der Waals surface area contributed by atoms with Crippen molar-refractivity contribution in [2.45, 2.75) is 0 Å². The second-order valence-electron chi connectivity index (χ2n) is 3.20. The highest BCUT2D eigenvalue weighted by atomic mass is 35.5. The van der Waals surface area contributed by atoms with E-state index in [9.17, 15) is 4.79 Å². The van der Waals surface area contributed by atoms with Crippen LogP contribution < -0.4 is 5.32 Å². The zero-order valence-corrected chi connectivity index (χ0v) is 9.35. The normalized spacial score (nSPS) is 9.94. The largest absolute Gasteiger partial charge is 0.478 e. The Morgan fingerprint density at radius 2 is 2.00 bits per heavy atom. The minimum absolute atomic E-state index is 0.134. The first-order chi connectivity index (χ1) is 8.16. The van der Waals surface area contributed by atoms with Gasteiger partial charge in [-0.1, -0.05) is 11.6 Å². The molecule has 0 aliphatic rings. The number of hydrogen-bond donors (Lipinski definition) is 2. The highest BCUT2D eigenvalue weighted by Gasteiger charge is 2.07. The van der Waals surface area contributed by atoms with Gasteiger partial charge < -0.3 is 10.4 Å². The molecule has 0 radical (unpaired) electrons. The van der Waals surface area contributed by atoms with Crippen molar-refractivity contribution < 1.29 is 9.90 Å². The number of carboxylic acid groups (broad SMARTS) is 1. The molecule has 6 heteroatoms. The average molecular weight is 250 g/mol. The molecule has 0 fully saturated rings. The van der Waals surface area contributed by atoms with E-state index >= 15 is 0 Å². The lowest BCUT2D eigenvalue weighted by atomic mass is 10.2. The van der Waals surface area contributed by atoms with Crippen LogP contribution in [0.2, 0.25) is 5.02 Å². The monoisotopic (exact) mass is 249 g/mol. The number of nitrogens with one attached hydrogen (secondary N) is 1. The van der Waals surface area contributed by atoms with E-state index < -0.39 is 5.97 Å². The molecule has 2 rings (SSSR count). The second-order valence-corrected chi connectivity index (χ2v) is 3.60. The number of hydrogen-bond acceptors (Lipinski definition) is 4. The molecule has 1 aromatic carbocycles. The number of anilines is 2. The van der Waals surface area contributed by atoms with Crippen molar-refractivity contribution >= 4 is 29.2 Å². The molecular weight excluding hydrogens is 242 g/mol. The van der Waals surface area contributed by atoms with Gasteiger partial charge in [-0.3, -0.25) is 0 Å². The number of carbonyl (C=O) groups is 1. The first-order valence-corrected chi connectivity index (χ1v) is 5.11. The molecule has 2 N–H and O–H groups in total. The van der Waals surface area contributed by atoms with Crippen molar-refractivity contribution in [3.8, 4) is 0 Å². The van der Waals surface area contributed by atoms with Crippen LogP contribution in [-0.2, 0) is 0 Å². The van der Waals surface area contributed by atoms with Crippen molar-refractivity contribution in [2.75, 3.05) is 5.32 Å². The Morgan fingerprint density at radius 3 is 2.59 bits per heavy atom. The average Bonchev–Trinajstić information content (AvgIpc) is 2.33. The third-order valence-corrected chi connectivity index (χ3v) is 2.34. The molecule has 0 saturated carbocycles. The lowest BCUT2D eigenvalue weighted by Gasteiger charge is -2.06. The Kier molecular flexibility index (Phi) is 3.20. The third kappa shape index (κ3) is 2.70. The second kappa shape index (κ2) is 4.80. The Balaban J connectivity index is 2.26. The maximum absolute atomic E-state index is 10.7. The molecule has 0 saturated heterocycles. The van der Waals surface area contributed by atoms with Crippen molar-refractivity contribution in [1.29, 1.82) is 0 Å². The number of halogens is 1. The van der Waals surface area contributed by atoms with Gasteiger partial charge in [0.2, 0.25) is 5.95 Å². The molecule has 5 nitrogen and oxygen atoms in total. The lowest BCUT2D eigenvalue weighted by Crippen LogP contribution is -1.99. The SMILES string of the molecule is O=C(O)c1ccc(Nc2ncccn2)c(Cl)c1. The summed E-state index contributed by atoms with van der Waals surface area (Å²) in [6.45, 7) is 0. The van der Waals surface area contributed by atoms with Gasteiger partial charge in [-0.15, -0.1) is 0 Å². The summed E-state index contributed by atoms with van der Waals surface area (Å²) in [6, 6.07) is 6.09. The van der Waals surface area contributed by atoms with Gasteiger partial charge in [0.15, 0.2) is 0 Å². The minimum Gasteiger partial charge on any atom is -0.478 e. The van der Waals surface area contributed by atoms with Gasteiger partial charge in [0.05, 0.1) is 16.3 Å². The van der Waals surface area contributed by atoms with E-state index in [2.05, 4.69) is 15.3 Å². The molecule has 1 aromatic heterocycles. The van der Waals surface area contributed by atoms with Crippen LogP contribution in [0.3, 0.4) is 0 Å².